The SMILES string of the molecule is C.CC(C)NC(=O)c1cc(OCC(F)(F)F)ccc1OCC(F)(F)F. The van der Waals surface area contributed by atoms with E-state index in [9.17, 15) is 31.1 Å². The second kappa shape index (κ2) is 8.82. The Balaban J connectivity index is 0.00000576. The Morgan fingerprint density at radius 1 is 1.04 bits per heavy atom. The molecule has 0 saturated heterocycles. The molecular weight excluding hydrogens is 356 g/mol. The third-order valence-corrected chi connectivity index (χ3v) is 2.41. The number of hydrogen-bond donors (Lipinski definition) is 1. The van der Waals surface area contributed by atoms with E-state index in [-0.39, 0.29) is 24.8 Å². The molecule has 1 rings (SSSR count). The summed E-state index contributed by atoms with van der Waals surface area (Å²) in [5.74, 6) is -1.52. The van der Waals surface area contributed by atoms with Crippen molar-refractivity contribution in [1.29, 1.82) is 0 Å². The number of carbonyl (C=O) groups excluding carboxylic acids is 1. The van der Waals surface area contributed by atoms with Crippen molar-refractivity contribution >= 4 is 5.91 Å². The Morgan fingerprint density at radius 3 is 2.04 bits per heavy atom. The molecule has 0 aromatic heterocycles. The average molecular weight is 375 g/mol. The minimum atomic E-state index is -4.63. The number of amides is 1. The third kappa shape index (κ3) is 9.06. The van der Waals surface area contributed by atoms with E-state index in [2.05, 4.69) is 14.8 Å². The molecule has 0 aliphatic carbocycles. The molecule has 1 aromatic rings. The van der Waals surface area contributed by atoms with Gasteiger partial charge in [-0.05, 0) is 32.0 Å². The molecule has 10 heteroatoms. The van der Waals surface area contributed by atoms with Gasteiger partial charge in [0.15, 0.2) is 13.2 Å². The van der Waals surface area contributed by atoms with Crippen molar-refractivity contribution in [2.24, 2.45) is 0 Å². The van der Waals surface area contributed by atoms with Crippen LogP contribution in [-0.4, -0.2) is 37.5 Å². The summed E-state index contributed by atoms with van der Waals surface area (Å²) in [6, 6.07) is 2.50. The van der Waals surface area contributed by atoms with Gasteiger partial charge < -0.3 is 14.8 Å². The fourth-order valence-electron chi connectivity index (χ4n) is 1.57. The molecule has 0 bridgehead atoms. The number of hydrogen-bond acceptors (Lipinski definition) is 3. The molecular formula is C15H19F6NO3. The topological polar surface area (TPSA) is 47.6 Å². The zero-order chi connectivity index (χ0) is 18.5. The summed E-state index contributed by atoms with van der Waals surface area (Å²) in [6.45, 7) is -0.0188. The van der Waals surface area contributed by atoms with Gasteiger partial charge >= 0.3 is 12.4 Å². The Hall–Kier alpha value is -2.13. The zero-order valence-corrected chi connectivity index (χ0v) is 12.7. The molecule has 1 aromatic carbocycles. The summed E-state index contributed by atoms with van der Waals surface area (Å²) in [5.41, 5.74) is -0.354. The summed E-state index contributed by atoms with van der Waals surface area (Å²) in [5, 5.41) is 2.42. The lowest BCUT2D eigenvalue weighted by Gasteiger charge is -2.16. The summed E-state index contributed by atoms with van der Waals surface area (Å²) in [4.78, 5) is 12.0. The van der Waals surface area contributed by atoms with E-state index in [0.29, 0.717) is 0 Å². The van der Waals surface area contributed by atoms with Crippen LogP contribution in [0, 0.1) is 0 Å². The first-order valence-corrected chi connectivity index (χ1v) is 6.71. The Labute approximate surface area is 141 Å². The monoisotopic (exact) mass is 375 g/mol. The highest BCUT2D eigenvalue weighted by atomic mass is 19.4. The quantitative estimate of drug-likeness (QED) is 0.753. The van der Waals surface area contributed by atoms with Crippen LogP contribution < -0.4 is 14.8 Å². The standard InChI is InChI=1S/C14H15F6NO3.CH4/c1-8(2)21-12(22)10-5-9(23-6-13(15,16)17)3-4-11(10)24-7-14(18,19)20;/h3-5,8H,6-7H2,1-2H3,(H,21,22);1H4. The number of carbonyl (C=O) groups is 1. The van der Waals surface area contributed by atoms with Crippen molar-refractivity contribution in [1.82, 2.24) is 5.32 Å². The summed E-state index contributed by atoms with van der Waals surface area (Å²) < 4.78 is 82.2. The van der Waals surface area contributed by atoms with E-state index < -0.39 is 37.2 Å². The Bertz CT molecular complexity index is 569. The van der Waals surface area contributed by atoms with Crippen molar-refractivity contribution in [3.8, 4) is 11.5 Å². The first-order chi connectivity index (χ1) is 10.9. The fraction of sp³-hybridized carbons (Fsp3) is 0.533. The third-order valence-electron chi connectivity index (χ3n) is 2.41. The second-order valence-corrected chi connectivity index (χ2v) is 5.09. The molecule has 0 aliphatic rings. The van der Waals surface area contributed by atoms with Gasteiger partial charge in [0.1, 0.15) is 11.5 Å². The van der Waals surface area contributed by atoms with E-state index in [1.165, 1.54) is 0 Å². The van der Waals surface area contributed by atoms with Crippen LogP contribution in [0.3, 0.4) is 0 Å². The largest absolute Gasteiger partial charge is 0.484 e. The van der Waals surface area contributed by atoms with Crippen molar-refractivity contribution in [2.75, 3.05) is 13.2 Å². The van der Waals surface area contributed by atoms with Crippen LogP contribution in [-0.2, 0) is 0 Å². The predicted octanol–water partition coefficient (Wildman–Crippen LogP) is 4.34. The highest BCUT2D eigenvalue weighted by Gasteiger charge is 2.30. The number of alkyl halides is 6. The number of rotatable bonds is 6. The van der Waals surface area contributed by atoms with Crippen molar-refractivity contribution in [3.05, 3.63) is 23.8 Å². The van der Waals surface area contributed by atoms with E-state index in [1.807, 2.05) is 0 Å². The van der Waals surface area contributed by atoms with E-state index >= 15 is 0 Å². The molecule has 1 N–H and O–H groups in total. The van der Waals surface area contributed by atoms with Crippen LogP contribution in [0.2, 0.25) is 0 Å². The van der Waals surface area contributed by atoms with Crippen LogP contribution >= 0.6 is 0 Å². The second-order valence-electron chi connectivity index (χ2n) is 5.09. The van der Waals surface area contributed by atoms with Gasteiger partial charge in [-0.1, -0.05) is 7.43 Å². The molecule has 0 saturated carbocycles. The first-order valence-electron chi connectivity index (χ1n) is 6.71. The van der Waals surface area contributed by atoms with Crippen LogP contribution in [0.25, 0.3) is 0 Å². The lowest BCUT2D eigenvalue weighted by molar-refractivity contribution is -0.154. The summed E-state index contributed by atoms with van der Waals surface area (Å²) >= 11 is 0. The van der Waals surface area contributed by atoms with Crippen molar-refractivity contribution in [2.45, 2.75) is 39.7 Å². The van der Waals surface area contributed by atoms with E-state index in [1.54, 1.807) is 13.8 Å². The zero-order valence-electron chi connectivity index (χ0n) is 12.7. The maximum absolute atomic E-state index is 12.2. The summed E-state index contributed by atoms with van der Waals surface area (Å²) in [6.07, 6.45) is -9.22. The van der Waals surface area contributed by atoms with Gasteiger partial charge in [0, 0.05) is 6.04 Å². The Kier molecular flexibility index (Phi) is 8.07. The molecule has 1 amide bonds. The molecule has 0 spiro atoms. The average Bonchev–Trinajstić information content (AvgIpc) is 2.40. The van der Waals surface area contributed by atoms with Crippen LogP contribution in [0.1, 0.15) is 31.6 Å². The van der Waals surface area contributed by atoms with Crippen molar-refractivity contribution in [3.63, 3.8) is 0 Å². The van der Waals surface area contributed by atoms with Crippen LogP contribution in [0.5, 0.6) is 11.5 Å². The van der Waals surface area contributed by atoms with Crippen LogP contribution in [0.4, 0.5) is 26.3 Å². The predicted molar refractivity (Wildman–Crippen MR) is 78.9 cm³/mol. The fourth-order valence-corrected chi connectivity index (χ4v) is 1.57. The summed E-state index contributed by atoms with van der Waals surface area (Å²) in [7, 11) is 0. The van der Waals surface area contributed by atoms with Gasteiger partial charge in [-0.15, -0.1) is 0 Å². The highest BCUT2D eigenvalue weighted by molar-refractivity contribution is 5.97. The molecule has 0 aliphatic heterocycles. The molecule has 25 heavy (non-hydrogen) atoms. The maximum Gasteiger partial charge on any atom is 0.422 e. The molecule has 0 heterocycles. The molecule has 0 radical (unpaired) electrons. The first kappa shape index (κ1) is 22.9. The number of ether oxygens (including phenoxy) is 2. The molecule has 0 fully saturated rings. The van der Waals surface area contributed by atoms with E-state index in [4.69, 9.17) is 0 Å². The molecule has 0 atom stereocenters. The van der Waals surface area contributed by atoms with Gasteiger partial charge in [-0.25, -0.2) is 0 Å². The number of benzene rings is 1. The normalized spacial score (nSPS) is 11.7. The molecule has 144 valence electrons. The van der Waals surface area contributed by atoms with Crippen molar-refractivity contribution < 1.29 is 40.6 Å². The number of nitrogens with one attached hydrogen (secondary N) is 1. The van der Waals surface area contributed by atoms with Gasteiger partial charge in [0.2, 0.25) is 0 Å². The lowest BCUT2D eigenvalue weighted by atomic mass is 10.1. The molecule has 4 nitrogen and oxygen atoms in total. The molecule has 0 unspecified atom stereocenters. The number of halogens is 6. The van der Waals surface area contributed by atoms with Gasteiger partial charge in [0.25, 0.3) is 5.91 Å². The smallest absolute Gasteiger partial charge is 0.422 e. The highest BCUT2D eigenvalue weighted by Crippen LogP contribution is 2.27. The van der Waals surface area contributed by atoms with E-state index in [0.717, 1.165) is 18.2 Å². The minimum Gasteiger partial charge on any atom is -0.484 e. The van der Waals surface area contributed by atoms with Gasteiger partial charge in [0.05, 0.1) is 5.56 Å². The maximum atomic E-state index is 12.2. The van der Waals surface area contributed by atoms with Gasteiger partial charge in [-0.2, -0.15) is 26.3 Å². The van der Waals surface area contributed by atoms with Crippen LogP contribution in [0.15, 0.2) is 18.2 Å². The van der Waals surface area contributed by atoms with Gasteiger partial charge in [-0.3, -0.25) is 4.79 Å². The Morgan fingerprint density at radius 2 is 1.56 bits per heavy atom. The lowest BCUT2D eigenvalue weighted by Crippen LogP contribution is -2.31. The minimum absolute atomic E-state index is 0.